The number of allylic oxidation sites excluding steroid dienone is 2. The Hall–Kier alpha value is -2.18. The van der Waals surface area contributed by atoms with Gasteiger partial charge in [-0.25, -0.2) is 0 Å². The van der Waals surface area contributed by atoms with Gasteiger partial charge in [0.05, 0.1) is 17.8 Å². The molecule has 0 saturated carbocycles. The first-order chi connectivity index (χ1) is 14.3. The molecule has 0 bridgehead atoms. The molecule has 4 heterocycles. The van der Waals surface area contributed by atoms with Crippen LogP contribution in [0.1, 0.15) is 36.6 Å². The average Bonchev–Trinajstić information content (AvgIpc) is 2.97. The van der Waals surface area contributed by atoms with E-state index in [1.807, 2.05) is 6.20 Å². The Labute approximate surface area is 174 Å². The van der Waals surface area contributed by atoms with Gasteiger partial charge in [0.2, 0.25) is 0 Å². The monoisotopic (exact) mass is 392 g/mol. The van der Waals surface area contributed by atoms with Crippen molar-refractivity contribution in [1.29, 1.82) is 0 Å². The van der Waals surface area contributed by atoms with Crippen LogP contribution in [0, 0.1) is 0 Å². The molecule has 6 nitrogen and oxygen atoms in total. The number of likely N-dealkylation sites (N-methyl/N-ethyl adjacent to an activating group) is 1. The lowest BCUT2D eigenvalue weighted by Crippen LogP contribution is -2.42. The van der Waals surface area contributed by atoms with E-state index >= 15 is 0 Å². The van der Waals surface area contributed by atoms with Crippen LogP contribution >= 0.6 is 0 Å². The molecule has 1 fully saturated rings. The van der Waals surface area contributed by atoms with Crippen molar-refractivity contribution in [2.75, 3.05) is 46.3 Å². The third-order valence-electron chi connectivity index (χ3n) is 6.61. The lowest BCUT2D eigenvalue weighted by atomic mass is 9.91. The van der Waals surface area contributed by atoms with Crippen LogP contribution in [-0.2, 0) is 6.42 Å². The zero-order valence-corrected chi connectivity index (χ0v) is 17.4. The number of amidine groups is 1. The Morgan fingerprint density at radius 3 is 3.17 bits per heavy atom. The summed E-state index contributed by atoms with van der Waals surface area (Å²) in [5.74, 6) is 2.45. The van der Waals surface area contributed by atoms with Gasteiger partial charge in [-0.15, -0.1) is 0 Å². The minimum Gasteiger partial charge on any atom is -0.357 e. The molecule has 4 aliphatic rings. The fraction of sp³-hybridized carbons (Fsp3) is 0.565. The second-order valence-corrected chi connectivity index (χ2v) is 8.62. The van der Waals surface area contributed by atoms with Crippen molar-refractivity contribution < 1.29 is 0 Å². The van der Waals surface area contributed by atoms with Gasteiger partial charge in [0.1, 0.15) is 11.7 Å². The van der Waals surface area contributed by atoms with E-state index in [1.54, 1.807) is 0 Å². The molecule has 5 rings (SSSR count). The molecule has 2 atom stereocenters. The highest BCUT2D eigenvalue weighted by molar-refractivity contribution is 5.96. The molecule has 1 aliphatic carbocycles. The van der Waals surface area contributed by atoms with Crippen molar-refractivity contribution in [1.82, 2.24) is 25.0 Å². The van der Waals surface area contributed by atoms with E-state index in [-0.39, 0.29) is 0 Å². The number of hydrogen-bond donors (Lipinski definition) is 1. The van der Waals surface area contributed by atoms with E-state index in [1.165, 1.54) is 36.3 Å². The second-order valence-electron chi connectivity index (χ2n) is 8.62. The highest BCUT2D eigenvalue weighted by atomic mass is 15.4. The summed E-state index contributed by atoms with van der Waals surface area (Å²) >= 11 is 0. The first-order valence-corrected chi connectivity index (χ1v) is 11.1. The lowest BCUT2D eigenvalue weighted by Gasteiger charge is -2.35. The molecule has 3 aliphatic heterocycles. The van der Waals surface area contributed by atoms with Gasteiger partial charge in [-0.3, -0.25) is 14.9 Å². The molecule has 29 heavy (non-hydrogen) atoms. The van der Waals surface area contributed by atoms with E-state index in [9.17, 15) is 0 Å². The van der Waals surface area contributed by atoms with Crippen LogP contribution in [0.2, 0.25) is 0 Å². The number of pyridine rings is 1. The predicted molar refractivity (Wildman–Crippen MR) is 117 cm³/mol. The molecule has 0 radical (unpaired) electrons. The maximum atomic E-state index is 5.08. The lowest BCUT2D eigenvalue weighted by molar-refractivity contribution is 0.198. The first kappa shape index (κ1) is 18.8. The van der Waals surface area contributed by atoms with Gasteiger partial charge in [-0.05, 0) is 63.1 Å². The summed E-state index contributed by atoms with van der Waals surface area (Å²) in [6.07, 6.45) is 13.3. The summed E-state index contributed by atoms with van der Waals surface area (Å²) in [4.78, 5) is 17.2. The number of aromatic nitrogens is 1. The minimum atomic E-state index is 0.306. The first-order valence-electron chi connectivity index (χ1n) is 11.1. The third-order valence-corrected chi connectivity index (χ3v) is 6.61. The maximum absolute atomic E-state index is 5.08. The Morgan fingerprint density at radius 1 is 1.24 bits per heavy atom. The zero-order valence-electron chi connectivity index (χ0n) is 17.4. The van der Waals surface area contributed by atoms with Crippen LogP contribution in [0.4, 0.5) is 0 Å². The molecule has 0 spiro atoms. The SMILES string of the molecule is CN(CC1CN2C(N3CCCNCC3)=CC=CC2=N1)[C@H]1CCCc2cccnc21. The van der Waals surface area contributed by atoms with Crippen LogP contribution in [0.25, 0.3) is 0 Å². The molecule has 154 valence electrons. The predicted octanol–water partition coefficient (Wildman–Crippen LogP) is 2.18. The van der Waals surface area contributed by atoms with Crippen molar-refractivity contribution in [2.45, 2.75) is 37.8 Å². The molecule has 1 saturated heterocycles. The number of rotatable bonds is 4. The summed E-state index contributed by atoms with van der Waals surface area (Å²) in [7, 11) is 2.25. The molecule has 1 N–H and O–H groups in total. The van der Waals surface area contributed by atoms with Crippen molar-refractivity contribution in [3.05, 3.63) is 53.6 Å². The van der Waals surface area contributed by atoms with E-state index < -0.39 is 0 Å². The summed E-state index contributed by atoms with van der Waals surface area (Å²) in [6.45, 7) is 6.31. The fourth-order valence-corrected chi connectivity index (χ4v) is 5.18. The van der Waals surface area contributed by atoms with Crippen LogP contribution in [0.15, 0.2) is 47.4 Å². The van der Waals surface area contributed by atoms with Crippen LogP contribution in [-0.4, -0.2) is 77.9 Å². The van der Waals surface area contributed by atoms with E-state index in [0.717, 1.165) is 51.5 Å². The van der Waals surface area contributed by atoms with Gasteiger partial charge in [-0.1, -0.05) is 12.1 Å². The van der Waals surface area contributed by atoms with E-state index in [4.69, 9.17) is 9.98 Å². The van der Waals surface area contributed by atoms with Crippen LogP contribution < -0.4 is 5.32 Å². The molecular formula is C23H32N6. The third kappa shape index (κ3) is 3.83. The Kier molecular flexibility index (Phi) is 5.38. The molecule has 0 amide bonds. The van der Waals surface area contributed by atoms with E-state index in [0.29, 0.717) is 12.1 Å². The van der Waals surface area contributed by atoms with Gasteiger partial charge in [0.25, 0.3) is 0 Å². The topological polar surface area (TPSA) is 47.0 Å². The van der Waals surface area contributed by atoms with Gasteiger partial charge < -0.3 is 15.1 Å². The fourth-order valence-electron chi connectivity index (χ4n) is 5.18. The summed E-state index contributed by atoms with van der Waals surface area (Å²) < 4.78 is 0. The van der Waals surface area contributed by atoms with E-state index in [2.05, 4.69) is 57.4 Å². The van der Waals surface area contributed by atoms with Crippen molar-refractivity contribution in [3.8, 4) is 0 Å². The Bertz CT molecular complexity index is 820. The molecule has 1 unspecified atom stereocenters. The van der Waals surface area contributed by atoms with Crippen LogP contribution in [0.3, 0.4) is 0 Å². The smallest absolute Gasteiger partial charge is 0.129 e. The maximum Gasteiger partial charge on any atom is 0.129 e. The summed E-state index contributed by atoms with van der Waals surface area (Å²) in [6, 6.07) is 5.04. The highest BCUT2D eigenvalue weighted by Gasteiger charge is 2.33. The van der Waals surface area contributed by atoms with Crippen molar-refractivity contribution >= 4 is 5.84 Å². The van der Waals surface area contributed by atoms with Gasteiger partial charge in [0, 0.05) is 38.9 Å². The molecule has 1 aromatic rings. The number of hydrogen-bond acceptors (Lipinski definition) is 6. The number of aliphatic imine (C=N–C) groups is 1. The highest BCUT2D eigenvalue weighted by Crippen LogP contribution is 2.33. The Morgan fingerprint density at radius 2 is 2.21 bits per heavy atom. The van der Waals surface area contributed by atoms with Gasteiger partial charge in [0.15, 0.2) is 0 Å². The average molecular weight is 393 g/mol. The number of nitrogens with one attached hydrogen (secondary N) is 1. The standard InChI is InChI=1S/C23H32N6/c1-27(20-8-2-6-18-7-4-12-25-23(18)20)16-19-17-29-21(26-19)9-3-10-22(29)28-14-5-11-24-13-15-28/h3-4,7,9-10,12,19-20,24H,2,5-6,8,11,13-17H2,1H3/t19?,20-/m0/s1. The van der Waals surface area contributed by atoms with Gasteiger partial charge >= 0.3 is 0 Å². The number of fused-ring (bicyclic) bond motifs is 2. The molecule has 6 heteroatoms. The Balaban J connectivity index is 1.27. The largest absolute Gasteiger partial charge is 0.357 e. The second kappa shape index (κ2) is 8.28. The summed E-state index contributed by atoms with van der Waals surface area (Å²) in [5, 5.41) is 3.51. The van der Waals surface area contributed by atoms with Crippen molar-refractivity contribution in [2.24, 2.45) is 4.99 Å². The molecular weight excluding hydrogens is 360 g/mol. The summed E-state index contributed by atoms with van der Waals surface area (Å²) in [5.41, 5.74) is 2.70. The normalized spacial score (nSPS) is 26.7. The quantitative estimate of drug-likeness (QED) is 0.851. The molecule has 0 aromatic carbocycles. The number of aryl methyl sites for hydroxylation is 1. The number of nitrogens with zero attached hydrogens (tertiary/aromatic N) is 5. The minimum absolute atomic E-state index is 0.306. The zero-order chi connectivity index (χ0) is 19.6. The molecule has 1 aromatic heterocycles. The van der Waals surface area contributed by atoms with Gasteiger partial charge in [-0.2, -0.15) is 0 Å². The van der Waals surface area contributed by atoms with Crippen LogP contribution in [0.5, 0.6) is 0 Å². The van der Waals surface area contributed by atoms with Crippen molar-refractivity contribution in [3.63, 3.8) is 0 Å².